The molecule has 2 aromatic rings. The first-order valence-electron chi connectivity index (χ1n) is 7.35. The highest BCUT2D eigenvalue weighted by Crippen LogP contribution is 2.28. The van der Waals surface area contributed by atoms with Crippen molar-refractivity contribution >= 4 is 29.0 Å². The summed E-state index contributed by atoms with van der Waals surface area (Å²) >= 11 is 5.42. The smallest absolute Gasteiger partial charge is 0.353 e. The van der Waals surface area contributed by atoms with Gasteiger partial charge in [0, 0.05) is 5.56 Å². The van der Waals surface area contributed by atoms with Gasteiger partial charge in [0.05, 0.1) is 12.3 Å². The van der Waals surface area contributed by atoms with Crippen LogP contribution in [0.4, 0.5) is 5.69 Å². The van der Waals surface area contributed by atoms with E-state index in [1.807, 2.05) is 60.7 Å². The normalized spacial score (nSPS) is 20.2. The van der Waals surface area contributed by atoms with Crippen LogP contribution in [0.15, 0.2) is 60.7 Å². The molecule has 0 aromatic heterocycles. The molecule has 0 spiro atoms. The predicted octanol–water partition coefficient (Wildman–Crippen LogP) is 2.30. The summed E-state index contributed by atoms with van der Waals surface area (Å²) in [6.45, 7) is 2.06. The van der Waals surface area contributed by atoms with Crippen LogP contribution in [0.5, 0.6) is 0 Å². The van der Waals surface area contributed by atoms with Gasteiger partial charge in [0.1, 0.15) is 0 Å². The maximum atomic E-state index is 12.7. The summed E-state index contributed by atoms with van der Waals surface area (Å²) in [5.41, 5.74) is 3.52. The fourth-order valence-corrected chi connectivity index (χ4v) is 2.80. The van der Waals surface area contributed by atoms with Crippen molar-refractivity contribution in [1.29, 1.82) is 0 Å². The third-order valence-corrected chi connectivity index (χ3v) is 3.86. The quantitative estimate of drug-likeness (QED) is 0.664. The van der Waals surface area contributed by atoms with Crippen molar-refractivity contribution in [3.63, 3.8) is 0 Å². The van der Waals surface area contributed by atoms with Crippen molar-refractivity contribution in [3.05, 3.63) is 66.2 Å². The topological polar surface area (TPSA) is 53.6 Å². The zero-order chi connectivity index (χ0) is 16.3. The first-order chi connectivity index (χ1) is 11.2. The lowest BCUT2D eigenvalue weighted by atomic mass is 10.0. The van der Waals surface area contributed by atoms with Crippen LogP contribution in [0.1, 0.15) is 12.5 Å². The van der Waals surface area contributed by atoms with Crippen molar-refractivity contribution in [3.8, 4) is 0 Å². The van der Waals surface area contributed by atoms with Crippen molar-refractivity contribution in [2.24, 2.45) is 0 Å². The van der Waals surface area contributed by atoms with Gasteiger partial charge in [-0.15, -0.1) is 0 Å². The van der Waals surface area contributed by atoms with Crippen LogP contribution in [0.25, 0.3) is 0 Å². The highest BCUT2D eigenvalue weighted by atomic mass is 32.1. The van der Waals surface area contributed by atoms with E-state index in [-0.39, 0.29) is 6.61 Å². The van der Waals surface area contributed by atoms with Crippen molar-refractivity contribution < 1.29 is 9.53 Å². The molecule has 0 aliphatic carbocycles. The summed E-state index contributed by atoms with van der Waals surface area (Å²) in [5.74, 6) is -0.424. The van der Waals surface area contributed by atoms with Crippen molar-refractivity contribution in [2.75, 3.05) is 11.6 Å². The molecule has 0 saturated carbocycles. The Hall–Kier alpha value is -2.44. The molecule has 2 aromatic carbocycles. The fourth-order valence-electron chi connectivity index (χ4n) is 2.50. The molecule has 0 radical (unpaired) electrons. The average molecular weight is 327 g/mol. The number of benzene rings is 2. The summed E-state index contributed by atoms with van der Waals surface area (Å²) in [6, 6.07) is 18.9. The number of hydrazine groups is 1. The Morgan fingerprint density at radius 1 is 1.13 bits per heavy atom. The van der Waals surface area contributed by atoms with Gasteiger partial charge < -0.3 is 10.1 Å². The number of esters is 1. The SMILES string of the molecule is CCOC(=O)C1(c2ccccc2)NC(=S)N(c2ccccc2)N1. The molecule has 0 amide bonds. The molecule has 118 valence electrons. The third-order valence-electron chi connectivity index (χ3n) is 3.58. The van der Waals surface area contributed by atoms with E-state index >= 15 is 0 Å². The van der Waals surface area contributed by atoms with Crippen LogP contribution in [-0.2, 0) is 15.2 Å². The summed E-state index contributed by atoms with van der Waals surface area (Å²) in [5, 5.41) is 5.18. The number of rotatable bonds is 4. The molecule has 1 saturated heterocycles. The van der Waals surface area contributed by atoms with Crippen molar-refractivity contribution in [2.45, 2.75) is 12.6 Å². The number of nitrogens with zero attached hydrogens (tertiary/aromatic N) is 1. The predicted molar refractivity (Wildman–Crippen MR) is 92.5 cm³/mol. The number of hydrogen-bond acceptors (Lipinski definition) is 4. The zero-order valence-corrected chi connectivity index (χ0v) is 13.5. The van der Waals surface area contributed by atoms with Gasteiger partial charge in [0.15, 0.2) is 5.11 Å². The average Bonchev–Trinajstić information content (AvgIpc) is 2.95. The van der Waals surface area contributed by atoms with Crippen molar-refractivity contribution in [1.82, 2.24) is 10.7 Å². The Morgan fingerprint density at radius 3 is 2.35 bits per heavy atom. The third kappa shape index (κ3) is 2.78. The minimum atomic E-state index is -1.23. The minimum absolute atomic E-state index is 0.287. The largest absolute Gasteiger partial charge is 0.463 e. The van der Waals surface area contributed by atoms with Crippen LogP contribution in [0.3, 0.4) is 0 Å². The molecule has 0 bridgehead atoms. The Morgan fingerprint density at radius 2 is 1.74 bits per heavy atom. The maximum Gasteiger partial charge on any atom is 0.353 e. The molecule has 1 heterocycles. The van der Waals surface area contributed by atoms with Gasteiger partial charge in [-0.3, -0.25) is 0 Å². The molecule has 1 unspecified atom stereocenters. The van der Waals surface area contributed by atoms with Crippen LogP contribution < -0.4 is 15.8 Å². The van der Waals surface area contributed by atoms with E-state index in [9.17, 15) is 4.79 Å². The summed E-state index contributed by atoms with van der Waals surface area (Å²) < 4.78 is 5.27. The summed E-state index contributed by atoms with van der Waals surface area (Å²) in [6.07, 6.45) is 0. The lowest BCUT2D eigenvalue weighted by molar-refractivity contribution is -0.152. The first kappa shape index (κ1) is 15.5. The van der Waals surface area contributed by atoms with Gasteiger partial charge in [-0.2, -0.15) is 5.43 Å². The molecule has 1 atom stereocenters. The lowest BCUT2D eigenvalue weighted by Crippen LogP contribution is -2.55. The van der Waals surface area contributed by atoms with E-state index in [4.69, 9.17) is 17.0 Å². The number of para-hydroxylation sites is 1. The zero-order valence-electron chi connectivity index (χ0n) is 12.7. The molecular formula is C17H17N3O2S. The molecule has 6 heteroatoms. The van der Waals surface area contributed by atoms with Gasteiger partial charge in [0.2, 0.25) is 5.66 Å². The summed E-state index contributed by atoms with van der Waals surface area (Å²) in [7, 11) is 0. The second-order valence-corrected chi connectivity index (χ2v) is 5.44. The summed E-state index contributed by atoms with van der Waals surface area (Å²) in [4.78, 5) is 12.7. The standard InChI is InChI=1S/C17H17N3O2S/c1-2-22-15(21)17(13-9-5-3-6-10-13)18-16(23)20(19-17)14-11-7-4-8-12-14/h3-12,19H,2H2,1H3,(H,18,23). The Kier molecular flexibility index (Phi) is 4.27. The molecule has 1 aliphatic heterocycles. The van der Waals surface area contributed by atoms with E-state index < -0.39 is 11.6 Å². The van der Waals surface area contributed by atoms with Gasteiger partial charge in [-0.05, 0) is 31.3 Å². The maximum absolute atomic E-state index is 12.7. The number of anilines is 1. The van der Waals surface area contributed by atoms with Crippen LogP contribution in [0.2, 0.25) is 0 Å². The number of thiocarbonyl (C=S) groups is 1. The second kappa shape index (κ2) is 6.36. The van der Waals surface area contributed by atoms with Crippen LogP contribution >= 0.6 is 12.2 Å². The Labute approximate surface area is 140 Å². The van der Waals surface area contributed by atoms with E-state index in [0.29, 0.717) is 5.11 Å². The lowest BCUT2D eigenvalue weighted by Gasteiger charge is -2.27. The highest BCUT2D eigenvalue weighted by Gasteiger charge is 2.50. The van der Waals surface area contributed by atoms with Gasteiger partial charge in [0.25, 0.3) is 0 Å². The molecule has 5 nitrogen and oxygen atoms in total. The second-order valence-electron chi connectivity index (χ2n) is 5.05. The van der Waals surface area contributed by atoms with E-state index in [1.54, 1.807) is 11.9 Å². The number of hydrogen-bond donors (Lipinski definition) is 2. The molecule has 23 heavy (non-hydrogen) atoms. The molecule has 2 N–H and O–H groups in total. The Bertz CT molecular complexity index is 708. The first-order valence-corrected chi connectivity index (χ1v) is 7.76. The van der Waals surface area contributed by atoms with Crippen LogP contribution in [-0.4, -0.2) is 17.7 Å². The van der Waals surface area contributed by atoms with Gasteiger partial charge in [-0.1, -0.05) is 48.5 Å². The van der Waals surface area contributed by atoms with E-state index in [0.717, 1.165) is 11.3 Å². The van der Waals surface area contributed by atoms with Gasteiger partial charge >= 0.3 is 5.97 Å². The van der Waals surface area contributed by atoms with E-state index in [2.05, 4.69) is 10.7 Å². The number of nitrogens with one attached hydrogen (secondary N) is 2. The monoisotopic (exact) mass is 327 g/mol. The minimum Gasteiger partial charge on any atom is -0.463 e. The Balaban J connectivity index is 2.02. The molecule has 1 fully saturated rings. The molecular weight excluding hydrogens is 310 g/mol. The highest BCUT2D eigenvalue weighted by molar-refractivity contribution is 7.80. The molecule has 1 aliphatic rings. The van der Waals surface area contributed by atoms with Crippen LogP contribution in [0, 0.1) is 0 Å². The number of carbonyl (C=O) groups excluding carboxylic acids is 1. The number of ether oxygens (including phenoxy) is 1. The molecule has 3 rings (SSSR count). The van der Waals surface area contributed by atoms with E-state index in [1.165, 1.54) is 0 Å². The fraction of sp³-hybridized carbons (Fsp3) is 0.176. The number of carbonyl (C=O) groups is 1. The van der Waals surface area contributed by atoms with Gasteiger partial charge in [-0.25, -0.2) is 9.80 Å².